The van der Waals surface area contributed by atoms with E-state index in [1.165, 1.54) is 17.8 Å². The highest BCUT2D eigenvalue weighted by Crippen LogP contribution is 2.31. The molecule has 0 fully saturated rings. The summed E-state index contributed by atoms with van der Waals surface area (Å²) in [6, 6.07) is 9.07. The van der Waals surface area contributed by atoms with Crippen LogP contribution in [0.4, 0.5) is 0 Å². The molecule has 4 rings (SSSR count). The number of halogens is 1. The van der Waals surface area contributed by atoms with E-state index in [1.807, 2.05) is 31.2 Å². The van der Waals surface area contributed by atoms with Crippen LogP contribution in [0, 0.1) is 0 Å². The number of fused-ring (bicyclic) bond motifs is 1. The van der Waals surface area contributed by atoms with Gasteiger partial charge in [0.15, 0.2) is 11.0 Å². The molecule has 0 spiro atoms. The van der Waals surface area contributed by atoms with Crippen LogP contribution in [0.3, 0.4) is 0 Å². The summed E-state index contributed by atoms with van der Waals surface area (Å²) in [5, 5.41) is 11.0. The fraction of sp³-hybridized carbons (Fsp3) is 0.238. The summed E-state index contributed by atoms with van der Waals surface area (Å²) in [7, 11) is 0. The Bertz CT molecular complexity index is 1220. The van der Waals surface area contributed by atoms with Gasteiger partial charge < -0.3 is 8.98 Å². The molecule has 0 aliphatic rings. The number of aryl methyl sites for hydroxylation is 1. The standard InChI is InChI=1S/C21H19ClN4O2S/c1-3-13-9-18-16(11-17(13)22)15(10-19(27)28-18)12-29-21-25-24-20(26(21)4-2)14-5-7-23-8-6-14/h5-11H,3-4,12H2,1-2H3. The molecule has 0 amide bonds. The fourth-order valence-corrected chi connectivity index (χ4v) is 4.51. The van der Waals surface area contributed by atoms with Gasteiger partial charge in [-0.15, -0.1) is 10.2 Å². The Kier molecular flexibility index (Phi) is 5.69. The van der Waals surface area contributed by atoms with Crippen LogP contribution in [0.25, 0.3) is 22.4 Å². The first-order chi connectivity index (χ1) is 14.1. The maximum absolute atomic E-state index is 12.1. The van der Waals surface area contributed by atoms with E-state index >= 15 is 0 Å². The molecule has 6 nitrogen and oxygen atoms in total. The van der Waals surface area contributed by atoms with E-state index in [4.69, 9.17) is 16.0 Å². The quantitative estimate of drug-likeness (QED) is 0.320. The third-order valence-corrected chi connectivity index (χ3v) is 6.07. The molecule has 0 atom stereocenters. The summed E-state index contributed by atoms with van der Waals surface area (Å²) in [5.41, 5.74) is 2.98. The van der Waals surface area contributed by atoms with Crippen molar-refractivity contribution in [1.82, 2.24) is 19.7 Å². The molecule has 0 unspecified atom stereocenters. The molecule has 0 N–H and O–H groups in total. The second kappa shape index (κ2) is 8.39. The van der Waals surface area contributed by atoms with E-state index in [1.54, 1.807) is 12.4 Å². The van der Waals surface area contributed by atoms with Crippen LogP contribution in [-0.4, -0.2) is 19.7 Å². The molecular formula is C21H19ClN4O2S. The lowest BCUT2D eigenvalue weighted by atomic mass is 10.1. The van der Waals surface area contributed by atoms with Gasteiger partial charge in [0.2, 0.25) is 0 Å². The molecule has 4 aromatic rings. The van der Waals surface area contributed by atoms with E-state index < -0.39 is 0 Å². The number of hydrogen-bond acceptors (Lipinski definition) is 6. The Morgan fingerprint density at radius 1 is 1.10 bits per heavy atom. The van der Waals surface area contributed by atoms with Crippen molar-refractivity contribution in [3.05, 3.63) is 69.3 Å². The van der Waals surface area contributed by atoms with Gasteiger partial charge in [-0.05, 0) is 48.7 Å². The third-order valence-electron chi connectivity index (χ3n) is 4.71. The molecule has 0 aliphatic carbocycles. The van der Waals surface area contributed by atoms with E-state index in [0.717, 1.165) is 46.0 Å². The Labute approximate surface area is 176 Å². The minimum absolute atomic E-state index is 0.369. The van der Waals surface area contributed by atoms with Crippen molar-refractivity contribution in [2.24, 2.45) is 0 Å². The van der Waals surface area contributed by atoms with Crippen molar-refractivity contribution >= 4 is 34.3 Å². The van der Waals surface area contributed by atoms with E-state index in [2.05, 4.69) is 26.7 Å². The summed E-state index contributed by atoms with van der Waals surface area (Å²) >= 11 is 7.92. The zero-order valence-electron chi connectivity index (χ0n) is 16.1. The summed E-state index contributed by atoms with van der Waals surface area (Å²) in [5.74, 6) is 1.35. The minimum atomic E-state index is -0.369. The van der Waals surface area contributed by atoms with Gasteiger partial charge in [0.05, 0.1) is 0 Å². The van der Waals surface area contributed by atoms with Crippen LogP contribution >= 0.6 is 23.4 Å². The van der Waals surface area contributed by atoms with Crippen molar-refractivity contribution in [1.29, 1.82) is 0 Å². The van der Waals surface area contributed by atoms with Gasteiger partial charge in [0, 0.05) is 46.7 Å². The lowest BCUT2D eigenvalue weighted by Gasteiger charge is -2.09. The second-order valence-corrected chi connectivity index (χ2v) is 7.81. The number of thioether (sulfide) groups is 1. The fourth-order valence-electron chi connectivity index (χ4n) is 3.22. The SMILES string of the molecule is CCc1cc2oc(=O)cc(CSc3nnc(-c4ccncc4)n3CC)c2cc1Cl. The van der Waals surface area contributed by atoms with Gasteiger partial charge in [-0.1, -0.05) is 30.3 Å². The van der Waals surface area contributed by atoms with Crippen molar-refractivity contribution in [3.63, 3.8) is 0 Å². The molecule has 0 saturated carbocycles. The summed E-state index contributed by atoms with van der Waals surface area (Å²) in [6.45, 7) is 4.80. The Morgan fingerprint density at radius 2 is 1.90 bits per heavy atom. The summed E-state index contributed by atoms with van der Waals surface area (Å²) < 4.78 is 7.45. The molecule has 148 valence electrons. The molecule has 0 radical (unpaired) electrons. The monoisotopic (exact) mass is 426 g/mol. The largest absolute Gasteiger partial charge is 0.423 e. The molecule has 3 heterocycles. The average Bonchev–Trinajstić information content (AvgIpc) is 3.15. The Hall–Kier alpha value is -2.64. The lowest BCUT2D eigenvalue weighted by molar-refractivity contribution is 0.559. The predicted molar refractivity (Wildman–Crippen MR) is 115 cm³/mol. The van der Waals surface area contributed by atoms with Crippen molar-refractivity contribution in [2.75, 3.05) is 0 Å². The molecule has 0 aliphatic heterocycles. The molecule has 8 heteroatoms. The number of rotatable bonds is 6. The van der Waals surface area contributed by atoms with Crippen LogP contribution in [0.15, 0.2) is 57.1 Å². The molecule has 1 aromatic carbocycles. The zero-order chi connectivity index (χ0) is 20.4. The van der Waals surface area contributed by atoms with Gasteiger partial charge >= 0.3 is 5.63 Å². The van der Waals surface area contributed by atoms with Crippen molar-refractivity contribution in [2.45, 2.75) is 37.7 Å². The first kappa shape index (κ1) is 19.7. The van der Waals surface area contributed by atoms with E-state index in [-0.39, 0.29) is 5.63 Å². The predicted octanol–water partition coefficient (Wildman–Crippen LogP) is 4.97. The summed E-state index contributed by atoms with van der Waals surface area (Å²) in [4.78, 5) is 16.1. The maximum atomic E-state index is 12.1. The van der Waals surface area contributed by atoms with Crippen LogP contribution < -0.4 is 5.63 Å². The molecule has 29 heavy (non-hydrogen) atoms. The maximum Gasteiger partial charge on any atom is 0.336 e. The molecule has 0 bridgehead atoms. The number of aromatic nitrogens is 4. The topological polar surface area (TPSA) is 73.8 Å². The number of hydrogen-bond donors (Lipinski definition) is 0. The van der Waals surface area contributed by atoms with Gasteiger partial charge in [0.1, 0.15) is 5.58 Å². The van der Waals surface area contributed by atoms with Gasteiger partial charge in [0.25, 0.3) is 0 Å². The normalized spacial score (nSPS) is 11.3. The highest BCUT2D eigenvalue weighted by molar-refractivity contribution is 7.98. The van der Waals surface area contributed by atoms with E-state index in [9.17, 15) is 4.79 Å². The molecule has 3 aromatic heterocycles. The smallest absolute Gasteiger partial charge is 0.336 e. The number of benzene rings is 1. The van der Waals surface area contributed by atoms with Crippen LogP contribution in [0.1, 0.15) is 25.0 Å². The second-order valence-electron chi connectivity index (χ2n) is 6.46. The highest BCUT2D eigenvalue weighted by Gasteiger charge is 2.15. The number of nitrogens with zero attached hydrogens (tertiary/aromatic N) is 4. The van der Waals surface area contributed by atoms with Crippen LogP contribution in [0.2, 0.25) is 5.02 Å². The molecular weight excluding hydrogens is 408 g/mol. The zero-order valence-corrected chi connectivity index (χ0v) is 17.6. The Morgan fingerprint density at radius 3 is 2.62 bits per heavy atom. The highest BCUT2D eigenvalue weighted by atomic mass is 35.5. The van der Waals surface area contributed by atoms with Gasteiger partial charge in [-0.25, -0.2) is 4.79 Å². The lowest BCUT2D eigenvalue weighted by Crippen LogP contribution is -2.02. The first-order valence-corrected chi connectivity index (χ1v) is 10.7. The van der Waals surface area contributed by atoms with Crippen LogP contribution in [0.5, 0.6) is 0 Å². The molecule has 0 saturated heterocycles. The van der Waals surface area contributed by atoms with Gasteiger partial charge in [-0.2, -0.15) is 0 Å². The van der Waals surface area contributed by atoms with Crippen molar-refractivity contribution < 1.29 is 4.42 Å². The minimum Gasteiger partial charge on any atom is -0.423 e. The number of pyridine rings is 1. The third kappa shape index (κ3) is 3.93. The summed E-state index contributed by atoms with van der Waals surface area (Å²) in [6.07, 6.45) is 4.25. The Balaban J connectivity index is 1.68. The van der Waals surface area contributed by atoms with Crippen molar-refractivity contribution in [3.8, 4) is 11.4 Å². The van der Waals surface area contributed by atoms with Gasteiger partial charge in [-0.3, -0.25) is 4.98 Å². The average molecular weight is 427 g/mol. The van der Waals surface area contributed by atoms with Crippen LogP contribution in [-0.2, 0) is 18.7 Å². The van der Waals surface area contributed by atoms with E-state index in [0.29, 0.717) is 16.4 Å². The first-order valence-electron chi connectivity index (χ1n) is 9.32.